The van der Waals surface area contributed by atoms with Gasteiger partial charge in [-0.15, -0.1) is 0 Å². The minimum Gasteiger partial charge on any atom is -0.341 e. The number of aryl methyl sites for hydroxylation is 1. The van der Waals surface area contributed by atoms with E-state index in [2.05, 4.69) is 28.2 Å². The molecule has 5 nitrogen and oxygen atoms in total. The van der Waals surface area contributed by atoms with Gasteiger partial charge in [0.15, 0.2) is 5.82 Å². The van der Waals surface area contributed by atoms with Crippen LogP contribution in [0, 0.1) is 0 Å². The number of hydrogen-bond acceptors (Lipinski definition) is 4. The average Bonchev–Trinajstić information content (AvgIpc) is 3.31. The van der Waals surface area contributed by atoms with Crippen molar-refractivity contribution in [1.29, 1.82) is 0 Å². The van der Waals surface area contributed by atoms with E-state index in [1.54, 1.807) is 0 Å². The van der Waals surface area contributed by atoms with E-state index in [0.717, 1.165) is 63.4 Å². The number of rotatable bonds is 4. The van der Waals surface area contributed by atoms with Gasteiger partial charge in [0.25, 0.3) is 0 Å². The summed E-state index contributed by atoms with van der Waals surface area (Å²) in [7, 11) is 0. The first-order chi connectivity index (χ1) is 13.7. The number of carbonyl (C=O) groups is 1. The molecule has 28 heavy (non-hydrogen) atoms. The molecule has 3 heterocycles. The summed E-state index contributed by atoms with van der Waals surface area (Å²) < 4.78 is 0. The average molecular weight is 377 g/mol. The summed E-state index contributed by atoms with van der Waals surface area (Å²) in [5, 5.41) is 0. The van der Waals surface area contributed by atoms with Gasteiger partial charge in [-0.05, 0) is 44.2 Å². The molecular formula is C23H28N4O. The third kappa shape index (κ3) is 3.22. The molecule has 1 atom stereocenters. The molecule has 1 spiro atoms. The smallest absolute Gasteiger partial charge is 0.222 e. The third-order valence-corrected chi connectivity index (χ3v) is 6.79. The molecule has 2 aromatic rings. The lowest BCUT2D eigenvalue weighted by Gasteiger charge is -2.41. The zero-order chi connectivity index (χ0) is 19.0. The van der Waals surface area contributed by atoms with Crippen molar-refractivity contribution >= 4 is 5.91 Å². The van der Waals surface area contributed by atoms with Crippen LogP contribution < -0.4 is 0 Å². The third-order valence-electron chi connectivity index (χ3n) is 6.79. The lowest BCUT2D eigenvalue weighted by atomic mass is 9.77. The normalized spacial score (nSPS) is 24.9. The highest BCUT2D eigenvalue weighted by atomic mass is 16.2. The van der Waals surface area contributed by atoms with Gasteiger partial charge in [0.1, 0.15) is 0 Å². The van der Waals surface area contributed by atoms with Gasteiger partial charge in [-0.25, -0.2) is 9.97 Å². The lowest BCUT2D eigenvalue weighted by molar-refractivity contribution is -0.127. The van der Waals surface area contributed by atoms with Crippen LogP contribution in [0.15, 0.2) is 36.5 Å². The summed E-state index contributed by atoms with van der Waals surface area (Å²) in [6, 6.07) is 10.3. The second-order valence-corrected chi connectivity index (χ2v) is 8.58. The summed E-state index contributed by atoms with van der Waals surface area (Å²) in [4.78, 5) is 26.3. The van der Waals surface area contributed by atoms with Crippen molar-refractivity contribution in [1.82, 2.24) is 19.8 Å². The van der Waals surface area contributed by atoms with E-state index < -0.39 is 0 Å². The Morgan fingerprint density at radius 2 is 1.89 bits per heavy atom. The molecule has 0 bridgehead atoms. The highest BCUT2D eigenvalue weighted by Crippen LogP contribution is 2.44. The van der Waals surface area contributed by atoms with Crippen LogP contribution in [0.3, 0.4) is 0 Å². The summed E-state index contributed by atoms with van der Waals surface area (Å²) in [6.45, 7) is 5.00. The lowest BCUT2D eigenvalue weighted by Crippen LogP contribution is -2.47. The number of fused-ring (bicyclic) bond motifs is 2. The van der Waals surface area contributed by atoms with Gasteiger partial charge in [-0.1, -0.05) is 30.3 Å². The molecule has 1 unspecified atom stereocenters. The Hall–Kier alpha value is -2.27. The number of benzene rings is 1. The number of hydrogen-bond donors (Lipinski definition) is 0. The first-order valence-electron chi connectivity index (χ1n) is 10.7. The predicted molar refractivity (Wildman–Crippen MR) is 109 cm³/mol. The Morgan fingerprint density at radius 3 is 2.71 bits per heavy atom. The fourth-order valence-electron chi connectivity index (χ4n) is 5.29. The number of carbonyl (C=O) groups excluding carboxylic acids is 1. The second-order valence-electron chi connectivity index (χ2n) is 8.58. The topological polar surface area (TPSA) is 49.3 Å². The number of amides is 1. The summed E-state index contributed by atoms with van der Waals surface area (Å²) >= 11 is 0. The van der Waals surface area contributed by atoms with E-state index >= 15 is 0 Å². The first-order valence-corrected chi connectivity index (χ1v) is 10.7. The molecule has 5 heteroatoms. The highest BCUT2D eigenvalue weighted by Gasteiger charge is 2.43. The maximum absolute atomic E-state index is 11.9. The Balaban J connectivity index is 1.35. The Kier molecular flexibility index (Phi) is 4.63. The van der Waals surface area contributed by atoms with Crippen LogP contribution in [0.2, 0.25) is 0 Å². The van der Waals surface area contributed by atoms with E-state index in [0.29, 0.717) is 5.91 Å². The number of piperidine rings is 1. The largest absolute Gasteiger partial charge is 0.341 e. The van der Waals surface area contributed by atoms with Gasteiger partial charge in [0.05, 0.1) is 5.69 Å². The van der Waals surface area contributed by atoms with E-state index in [1.165, 1.54) is 30.5 Å². The van der Waals surface area contributed by atoms with Gasteiger partial charge in [-0.2, -0.15) is 0 Å². The molecule has 3 aliphatic rings. The molecule has 1 aromatic heterocycles. The second kappa shape index (κ2) is 7.28. The summed E-state index contributed by atoms with van der Waals surface area (Å²) in [5.41, 5.74) is 3.86. The van der Waals surface area contributed by atoms with Crippen LogP contribution in [-0.4, -0.2) is 58.4 Å². The molecular weight excluding hydrogens is 348 g/mol. The fraction of sp³-hybridized carbons (Fsp3) is 0.522. The van der Waals surface area contributed by atoms with Gasteiger partial charge in [0.2, 0.25) is 5.91 Å². The summed E-state index contributed by atoms with van der Waals surface area (Å²) in [5.74, 6) is 1.18. The van der Waals surface area contributed by atoms with Crippen LogP contribution in [-0.2, 0) is 16.6 Å². The molecule has 2 fully saturated rings. The zero-order valence-electron chi connectivity index (χ0n) is 16.4. The number of nitrogens with zero attached hydrogens (tertiary/aromatic N) is 4. The maximum atomic E-state index is 11.9. The van der Waals surface area contributed by atoms with Crippen molar-refractivity contribution in [2.24, 2.45) is 0 Å². The van der Waals surface area contributed by atoms with Gasteiger partial charge >= 0.3 is 0 Å². The van der Waals surface area contributed by atoms with Crippen molar-refractivity contribution < 1.29 is 4.79 Å². The van der Waals surface area contributed by atoms with E-state index in [1.807, 2.05) is 23.1 Å². The molecule has 1 amide bonds. The monoisotopic (exact) mass is 376 g/mol. The highest BCUT2D eigenvalue weighted by molar-refractivity contribution is 5.78. The molecule has 0 radical (unpaired) electrons. The molecule has 0 N–H and O–H groups in total. The SMILES string of the molecule is O=C1CCCN1CCN1CCCC2(CCc3cnc(-c4ccccc4)nc32)C1. The van der Waals surface area contributed by atoms with E-state index in [4.69, 9.17) is 4.98 Å². The molecule has 2 saturated heterocycles. The molecule has 1 aliphatic carbocycles. The quantitative estimate of drug-likeness (QED) is 0.823. The van der Waals surface area contributed by atoms with Gasteiger partial charge in [-0.3, -0.25) is 4.79 Å². The zero-order valence-corrected chi connectivity index (χ0v) is 16.4. The first kappa shape index (κ1) is 17.8. The van der Waals surface area contributed by atoms with Crippen molar-refractivity contribution in [3.05, 3.63) is 47.8 Å². The Labute approximate surface area is 166 Å². The van der Waals surface area contributed by atoms with E-state index in [9.17, 15) is 4.79 Å². The minimum absolute atomic E-state index is 0.162. The number of likely N-dealkylation sites (tertiary alicyclic amines) is 2. The Bertz CT molecular complexity index is 864. The molecule has 5 rings (SSSR count). The van der Waals surface area contributed by atoms with Crippen molar-refractivity contribution in [2.45, 2.75) is 43.9 Å². The van der Waals surface area contributed by atoms with Crippen molar-refractivity contribution in [2.75, 3.05) is 32.7 Å². The number of aromatic nitrogens is 2. The fourth-order valence-corrected chi connectivity index (χ4v) is 5.29. The van der Waals surface area contributed by atoms with Crippen LogP contribution >= 0.6 is 0 Å². The molecule has 1 aromatic carbocycles. The van der Waals surface area contributed by atoms with Crippen LogP contribution in [0.4, 0.5) is 0 Å². The van der Waals surface area contributed by atoms with Crippen LogP contribution in [0.25, 0.3) is 11.4 Å². The standard InChI is InChI=1S/C23H28N4O/c28-20-8-4-13-27(20)15-14-26-12-5-10-23(17-26)11-9-19-16-24-22(25-21(19)23)18-6-2-1-3-7-18/h1-3,6-7,16H,4-5,8-15,17H2. The van der Waals surface area contributed by atoms with Crippen LogP contribution in [0.1, 0.15) is 43.4 Å². The molecule has 2 aliphatic heterocycles. The molecule has 0 saturated carbocycles. The van der Waals surface area contributed by atoms with Crippen LogP contribution in [0.5, 0.6) is 0 Å². The minimum atomic E-state index is 0.162. The summed E-state index contributed by atoms with van der Waals surface area (Å²) in [6.07, 6.45) is 8.49. The maximum Gasteiger partial charge on any atom is 0.222 e. The van der Waals surface area contributed by atoms with Crippen molar-refractivity contribution in [3.63, 3.8) is 0 Å². The molecule has 146 valence electrons. The van der Waals surface area contributed by atoms with Gasteiger partial charge in [0, 0.05) is 49.8 Å². The van der Waals surface area contributed by atoms with E-state index in [-0.39, 0.29) is 5.41 Å². The van der Waals surface area contributed by atoms with Crippen molar-refractivity contribution in [3.8, 4) is 11.4 Å². The predicted octanol–water partition coefficient (Wildman–Crippen LogP) is 3.05. The van der Waals surface area contributed by atoms with Gasteiger partial charge < -0.3 is 9.80 Å². The Morgan fingerprint density at radius 1 is 1.00 bits per heavy atom.